The highest BCUT2D eigenvalue weighted by Crippen LogP contribution is 2.16. The van der Waals surface area contributed by atoms with Crippen LogP contribution in [0.3, 0.4) is 0 Å². The Morgan fingerprint density at radius 1 is 1.53 bits per heavy atom. The topological polar surface area (TPSA) is 59.0 Å². The van der Waals surface area contributed by atoms with Gasteiger partial charge in [-0.3, -0.25) is 9.48 Å². The standard InChI is InChI=1S/C12H22N4O/c1-8(6-13-4)12(17)15-9(2)11-7-14-16(5)10(11)3/h7-9,13H,6H2,1-5H3,(H,15,17). The van der Waals surface area contributed by atoms with E-state index < -0.39 is 0 Å². The Balaban J connectivity index is 2.63. The van der Waals surface area contributed by atoms with Gasteiger partial charge in [0.1, 0.15) is 0 Å². The lowest BCUT2D eigenvalue weighted by molar-refractivity contribution is -0.125. The molecule has 5 nitrogen and oxygen atoms in total. The van der Waals surface area contributed by atoms with Crippen molar-refractivity contribution in [3.8, 4) is 0 Å². The second-order valence-electron chi connectivity index (χ2n) is 4.50. The van der Waals surface area contributed by atoms with Crippen LogP contribution >= 0.6 is 0 Å². The Hall–Kier alpha value is -1.36. The molecule has 1 aromatic rings. The van der Waals surface area contributed by atoms with Crippen molar-refractivity contribution in [3.63, 3.8) is 0 Å². The molecule has 2 atom stereocenters. The first-order valence-corrected chi connectivity index (χ1v) is 5.90. The Kier molecular flexibility index (Phi) is 4.69. The maximum atomic E-state index is 11.9. The van der Waals surface area contributed by atoms with E-state index in [2.05, 4.69) is 15.7 Å². The fraction of sp³-hybridized carbons (Fsp3) is 0.667. The van der Waals surface area contributed by atoms with Crippen LogP contribution in [0.15, 0.2) is 6.20 Å². The third-order valence-electron chi connectivity index (χ3n) is 3.06. The van der Waals surface area contributed by atoms with E-state index in [0.717, 1.165) is 11.3 Å². The number of aromatic nitrogens is 2. The summed E-state index contributed by atoms with van der Waals surface area (Å²) in [5, 5.41) is 10.2. The molecule has 17 heavy (non-hydrogen) atoms. The van der Waals surface area contributed by atoms with Crippen LogP contribution in [0.2, 0.25) is 0 Å². The lowest BCUT2D eigenvalue weighted by atomic mass is 10.1. The zero-order valence-corrected chi connectivity index (χ0v) is 11.2. The van der Waals surface area contributed by atoms with Crippen molar-refractivity contribution in [2.75, 3.05) is 13.6 Å². The summed E-state index contributed by atoms with van der Waals surface area (Å²) in [7, 11) is 3.75. The van der Waals surface area contributed by atoms with Crippen molar-refractivity contribution >= 4 is 5.91 Å². The highest BCUT2D eigenvalue weighted by molar-refractivity contribution is 5.78. The summed E-state index contributed by atoms with van der Waals surface area (Å²) in [6.45, 7) is 6.58. The Labute approximate surface area is 103 Å². The molecule has 96 valence electrons. The smallest absolute Gasteiger partial charge is 0.224 e. The van der Waals surface area contributed by atoms with E-state index in [1.807, 2.05) is 45.7 Å². The molecule has 2 N–H and O–H groups in total. The Bertz CT molecular complexity index is 386. The van der Waals surface area contributed by atoms with E-state index in [1.165, 1.54) is 0 Å². The first-order chi connectivity index (χ1) is 7.97. The molecule has 0 saturated carbocycles. The Morgan fingerprint density at radius 2 is 2.18 bits per heavy atom. The summed E-state index contributed by atoms with van der Waals surface area (Å²) < 4.78 is 1.81. The van der Waals surface area contributed by atoms with Crippen molar-refractivity contribution in [2.45, 2.75) is 26.8 Å². The summed E-state index contributed by atoms with van der Waals surface area (Å²) in [5.74, 6) is 0.0366. The van der Waals surface area contributed by atoms with Gasteiger partial charge in [-0.05, 0) is 20.9 Å². The molecule has 0 fully saturated rings. The van der Waals surface area contributed by atoms with Gasteiger partial charge in [-0.1, -0.05) is 6.92 Å². The summed E-state index contributed by atoms with van der Waals surface area (Å²) >= 11 is 0. The maximum Gasteiger partial charge on any atom is 0.224 e. The van der Waals surface area contributed by atoms with Crippen molar-refractivity contribution in [3.05, 3.63) is 17.5 Å². The number of carbonyl (C=O) groups is 1. The van der Waals surface area contributed by atoms with Gasteiger partial charge < -0.3 is 10.6 Å². The molecule has 0 saturated heterocycles. The number of amides is 1. The molecule has 0 aromatic carbocycles. The largest absolute Gasteiger partial charge is 0.349 e. The molecule has 1 amide bonds. The minimum absolute atomic E-state index is 0.00416. The molecular formula is C12H22N4O. The van der Waals surface area contributed by atoms with E-state index in [4.69, 9.17) is 0 Å². The fourth-order valence-corrected chi connectivity index (χ4v) is 1.77. The van der Waals surface area contributed by atoms with Crippen LogP contribution in [0.4, 0.5) is 0 Å². The number of nitrogens with one attached hydrogen (secondary N) is 2. The number of aryl methyl sites for hydroxylation is 1. The average molecular weight is 238 g/mol. The van der Waals surface area contributed by atoms with Crippen molar-refractivity contribution < 1.29 is 4.79 Å². The molecule has 0 bridgehead atoms. The van der Waals surface area contributed by atoms with E-state index in [0.29, 0.717) is 6.54 Å². The molecule has 0 radical (unpaired) electrons. The molecule has 0 spiro atoms. The van der Waals surface area contributed by atoms with E-state index in [-0.39, 0.29) is 17.9 Å². The van der Waals surface area contributed by atoms with E-state index in [1.54, 1.807) is 0 Å². The summed E-state index contributed by atoms with van der Waals surface area (Å²) in [5.41, 5.74) is 2.15. The highest BCUT2D eigenvalue weighted by Gasteiger charge is 2.17. The van der Waals surface area contributed by atoms with E-state index >= 15 is 0 Å². The van der Waals surface area contributed by atoms with Crippen LogP contribution < -0.4 is 10.6 Å². The van der Waals surface area contributed by atoms with Crippen molar-refractivity contribution in [1.82, 2.24) is 20.4 Å². The molecule has 5 heteroatoms. The number of hydrogen-bond donors (Lipinski definition) is 2. The Morgan fingerprint density at radius 3 is 2.65 bits per heavy atom. The predicted octanol–water partition coefficient (Wildman–Crippen LogP) is 0.761. The SMILES string of the molecule is CNCC(C)C(=O)NC(C)c1cnn(C)c1C. The quantitative estimate of drug-likeness (QED) is 0.796. The van der Waals surface area contributed by atoms with Crippen LogP contribution in [-0.2, 0) is 11.8 Å². The molecule has 0 aliphatic heterocycles. The first kappa shape index (κ1) is 13.7. The molecular weight excluding hydrogens is 216 g/mol. The van der Waals surface area contributed by atoms with E-state index in [9.17, 15) is 4.79 Å². The van der Waals surface area contributed by atoms with Gasteiger partial charge >= 0.3 is 0 Å². The number of carbonyl (C=O) groups excluding carboxylic acids is 1. The van der Waals surface area contributed by atoms with Gasteiger partial charge in [0.15, 0.2) is 0 Å². The van der Waals surface area contributed by atoms with Crippen LogP contribution in [0.1, 0.15) is 31.1 Å². The lowest BCUT2D eigenvalue weighted by Gasteiger charge is -2.17. The van der Waals surface area contributed by atoms with Gasteiger partial charge in [-0.2, -0.15) is 5.10 Å². The normalized spacial score (nSPS) is 14.4. The third kappa shape index (κ3) is 3.30. The van der Waals surface area contributed by atoms with Gasteiger partial charge in [0, 0.05) is 30.8 Å². The molecule has 0 aliphatic carbocycles. The lowest BCUT2D eigenvalue weighted by Crippen LogP contribution is -2.35. The number of nitrogens with zero attached hydrogens (tertiary/aromatic N) is 2. The monoisotopic (exact) mass is 238 g/mol. The minimum atomic E-state index is -0.0283. The molecule has 0 aliphatic rings. The summed E-state index contributed by atoms with van der Waals surface area (Å²) in [6.07, 6.45) is 1.81. The van der Waals surface area contributed by atoms with Crippen LogP contribution in [0, 0.1) is 12.8 Å². The predicted molar refractivity (Wildman–Crippen MR) is 67.6 cm³/mol. The average Bonchev–Trinajstić information content (AvgIpc) is 2.60. The third-order valence-corrected chi connectivity index (χ3v) is 3.06. The first-order valence-electron chi connectivity index (χ1n) is 5.90. The highest BCUT2D eigenvalue weighted by atomic mass is 16.1. The van der Waals surface area contributed by atoms with Crippen LogP contribution in [0.5, 0.6) is 0 Å². The second-order valence-corrected chi connectivity index (χ2v) is 4.50. The van der Waals surface area contributed by atoms with Gasteiger partial charge in [-0.25, -0.2) is 0 Å². The van der Waals surface area contributed by atoms with Crippen molar-refractivity contribution in [1.29, 1.82) is 0 Å². The van der Waals surface area contributed by atoms with Gasteiger partial charge in [0.05, 0.1) is 12.2 Å². The van der Waals surface area contributed by atoms with Gasteiger partial charge in [0.2, 0.25) is 5.91 Å². The van der Waals surface area contributed by atoms with Crippen LogP contribution in [0.25, 0.3) is 0 Å². The molecule has 1 heterocycles. The molecule has 1 aromatic heterocycles. The van der Waals surface area contributed by atoms with Gasteiger partial charge in [-0.15, -0.1) is 0 Å². The fourth-order valence-electron chi connectivity index (χ4n) is 1.77. The van der Waals surface area contributed by atoms with Crippen LogP contribution in [-0.4, -0.2) is 29.3 Å². The molecule has 2 unspecified atom stereocenters. The minimum Gasteiger partial charge on any atom is -0.349 e. The zero-order valence-electron chi connectivity index (χ0n) is 11.2. The summed E-state index contributed by atoms with van der Waals surface area (Å²) in [4.78, 5) is 11.9. The molecule has 1 rings (SSSR count). The van der Waals surface area contributed by atoms with Crippen molar-refractivity contribution in [2.24, 2.45) is 13.0 Å². The summed E-state index contributed by atoms with van der Waals surface area (Å²) in [6, 6.07) is -0.00416. The van der Waals surface area contributed by atoms with Gasteiger partial charge in [0.25, 0.3) is 0 Å². The number of rotatable bonds is 5. The maximum absolute atomic E-state index is 11.9. The zero-order chi connectivity index (χ0) is 13.0. The number of hydrogen-bond acceptors (Lipinski definition) is 3. The second kappa shape index (κ2) is 5.82.